The van der Waals surface area contributed by atoms with E-state index in [2.05, 4.69) is 26.6 Å². The van der Waals surface area contributed by atoms with Crippen LogP contribution in [0.1, 0.15) is 36.0 Å². The molecule has 1 aliphatic rings. The first kappa shape index (κ1) is 15.8. The molecule has 1 saturated carbocycles. The summed E-state index contributed by atoms with van der Waals surface area (Å²) in [5, 5.41) is 14.5. The van der Waals surface area contributed by atoms with Crippen LogP contribution in [0.4, 0.5) is 10.5 Å². The summed E-state index contributed by atoms with van der Waals surface area (Å²) in [4.78, 5) is 23.0. The molecule has 1 aliphatic carbocycles. The minimum atomic E-state index is -1.05. The second-order valence-electron chi connectivity index (χ2n) is 5.19. The summed E-state index contributed by atoms with van der Waals surface area (Å²) >= 11 is 3.22. The number of nitrogens with two attached hydrogens (primary N) is 1. The number of amides is 2. The zero-order valence-corrected chi connectivity index (χ0v) is 13.0. The Morgan fingerprint density at radius 3 is 2.62 bits per heavy atom. The number of anilines is 1. The summed E-state index contributed by atoms with van der Waals surface area (Å²) in [6, 6.07) is 4.10. The van der Waals surface area contributed by atoms with E-state index in [4.69, 9.17) is 10.8 Å². The SMILES string of the molecule is NC1CCCCC1NC(=O)Nc1cc(Br)cc(C(=O)O)c1. The van der Waals surface area contributed by atoms with Gasteiger partial charge in [-0.25, -0.2) is 9.59 Å². The predicted molar refractivity (Wildman–Crippen MR) is 83.5 cm³/mol. The van der Waals surface area contributed by atoms with E-state index in [-0.39, 0.29) is 23.7 Å². The average molecular weight is 356 g/mol. The highest BCUT2D eigenvalue weighted by atomic mass is 79.9. The molecule has 2 amide bonds. The van der Waals surface area contributed by atoms with E-state index in [1.807, 2.05) is 0 Å². The fourth-order valence-corrected chi connectivity index (χ4v) is 2.95. The number of carboxylic acid groups (broad SMARTS) is 1. The molecule has 0 heterocycles. The molecule has 7 heteroatoms. The lowest BCUT2D eigenvalue weighted by Crippen LogP contribution is -2.50. The van der Waals surface area contributed by atoms with Crippen LogP contribution < -0.4 is 16.4 Å². The Labute approximate surface area is 131 Å². The van der Waals surface area contributed by atoms with Crippen LogP contribution in [0.3, 0.4) is 0 Å². The lowest BCUT2D eigenvalue weighted by molar-refractivity contribution is 0.0697. The van der Waals surface area contributed by atoms with Gasteiger partial charge in [0.2, 0.25) is 0 Å². The molecule has 6 nitrogen and oxygen atoms in total. The molecule has 0 aliphatic heterocycles. The number of halogens is 1. The number of carboxylic acids is 1. The highest BCUT2D eigenvalue weighted by Crippen LogP contribution is 2.20. The van der Waals surface area contributed by atoms with Gasteiger partial charge in [-0.05, 0) is 31.0 Å². The molecule has 1 aromatic rings. The van der Waals surface area contributed by atoms with Crippen LogP contribution in [0, 0.1) is 0 Å². The number of benzene rings is 1. The zero-order valence-electron chi connectivity index (χ0n) is 11.4. The Morgan fingerprint density at radius 1 is 1.24 bits per heavy atom. The predicted octanol–water partition coefficient (Wildman–Crippen LogP) is 2.54. The van der Waals surface area contributed by atoms with Crippen molar-refractivity contribution in [1.29, 1.82) is 0 Å². The third kappa shape index (κ3) is 4.44. The maximum Gasteiger partial charge on any atom is 0.335 e. The van der Waals surface area contributed by atoms with Crippen LogP contribution in [0.15, 0.2) is 22.7 Å². The topological polar surface area (TPSA) is 104 Å². The van der Waals surface area contributed by atoms with Gasteiger partial charge in [0.25, 0.3) is 0 Å². The number of hydrogen-bond donors (Lipinski definition) is 4. The van der Waals surface area contributed by atoms with Gasteiger partial charge in [0.05, 0.1) is 5.56 Å². The van der Waals surface area contributed by atoms with Gasteiger partial charge in [-0.2, -0.15) is 0 Å². The van der Waals surface area contributed by atoms with Gasteiger partial charge in [-0.15, -0.1) is 0 Å². The monoisotopic (exact) mass is 355 g/mol. The van der Waals surface area contributed by atoms with Crippen LogP contribution >= 0.6 is 15.9 Å². The average Bonchev–Trinajstić information content (AvgIpc) is 2.40. The van der Waals surface area contributed by atoms with Crippen LogP contribution in [-0.2, 0) is 0 Å². The fraction of sp³-hybridized carbons (Fsp3) is 0.429. The van der Waals surface area contributed by atoms with Gasteiger partial charge in [0.15, 0.2) is 0 Å². The zero-order chi connectivity index (χ0) is 15.4. The summed E-state index contributed by atoms with van der Waals surface area (Å²) in [5.74, 6) is -1.05. The maximum absolute atomic E-state index is 12.0. The number of carbonyl (C=O) groups excluding carboxylic acids is 1. The number of hydrogen-bond acceptors (Lipinski definition) is 3. The summed E-state index contributed by atoms with van der Waals surface area (Å²) in [7, 11) is 0. The Balaban J connectivity index is 2.00. The number of aromatic carboxylic acids is 1. The standard InChI is InChI=1S/C14H18BrN3O3/c15-9-5-8(13(19)20)6-10(7-9)17-14(21)18-12-4-2-1-3-11(12)16/h5-7,11-12H,1-4,16H2,(H,19,20)(H2,17,18,21). The van der Waals surface area contributed by atoms with Crippen molar-refractivity contribution >= 4 is 33.6 Å². The molecule has 0 saturated heterocycles. The highest BCUT2D eigenvalue weighted by Gasteiger charge is 2.23. The van der Waals surface area contributed by atoms with E-state index < -0.39 is 5.97 Å². The summed E-state index contributed by atoms with van der Waals surface area (Å²) < 4.78 is 0.590. The molecule has 0 radical (unpaired) electrons. The quantitative estimate of drug-likeness (QED) is 0.668. The normalized spacial score (nSPS) is 21.6. The number of nitrogens with one attached hydrogen (secondary N) is 2. The molecule has 5 N–H and O–H groups in total. The number of carbonyl (C=O) groups is 2. The molecule has 2 rings (SSSR count). The van der Waals surface area contributed by atoms with Crippen LogP contribution in [0.25, 0.3) is 0 Å². The van der Waals surface area contributed by atoms with E-state index in [0.717, 1.165) is 25.7 Å². The van der Waals surface area contributed by atoms with Crippen molar-refractivity contribution in [3.05, 3.63) is 28.2 Å². The molecular weight excluding hydrogens is 338 g/mol. The minimum absolute atomic E-state index is 0.0263. The van der Waals surface area contributed by atoms with E-state index in [0.29, 0.717) is 10.2 Å². The van der Waals surface area contributed by atoms with Gasteiger partial charge >= 0.3 is 12.0 Å². The van der Waals surface area contributed by atoms with Crippen molar-refractivity contribution in [3.63, 3.8) is 0 Å². The molecule has 2 unspecified atom stereocenters. The van der Waals surface area contributed by atoms with E-state index >= 15 is 0 Å². The van der Waals surface area contributed by atoms with Crippen molar-refractivity contribution in [2.24, 2.45) is 5.73 Å². The van der Waals surface area contributed by atoms with E-state index in [9.17, 15) is 9.59 Å². The van der Waals surface area contributed by atoms with Crippen molar-refractivity contribution in [3.8, 4) is 0 Å². The Morgan fingerprint density at radius 2 is 1.95 bits per heavy atom. The van der Waals surface area contributed by atoms with Crippen molar-refractivity contribution in [2.45, 2.75) is 37.8 Å². The summed E-state index contributed by atoms with van der Waals surface area (Å²) in [6.45, 7) is 0. The largest absolute Gasteiger partial charge is 0.478 e. The first-order valence-corrected chi connectivity index (χ1v) is 7.62. The minimum Gasteiger partial charge on any atom is -0.478 e. The molecule has 2 atom stereocenters. The van der Waals surface area contributed by atoms with Crippen molar-refractivity contribution in [1.82, 2.24) is 5.32 Å². The molecule has 0 bridgehead atoms. The first-order chi connectivity index (χ1) is 9.95. The smallest absolute Gasteiger partial charge is 0.335 e. The lowest BCUT2D eigenvalue weighted by atomic mass is 9.91. The Kier molecular flexibility index (Phi) is 5.19. The first-order valence-electron chi connectivity index (χ1n) is 6.82. The number of urea groups is 1. The Hall–Kier alpha value is -1.60. The molecule has 0 aromatic heterocycles. The second kappa shape index (κ2) is 6.91. The summed E-state index contributed by atoms with van der Waals surface area (Å²) in [5.41, 5.74) is 6.51. The van der Waals surface area contributed by atoms with Crippen LogP contribution in [0.2, 0.25) is 0 Å². The molecule has 114 valence electrons. The third-order valence-corrected chi connectivity index (χ3v) is 4.00. The molecule has 0 spiro atoms. The van der Waals surface area contributed by atoms with Crippen molar-refractivity contribution in [2.75, 3.05) is 5.32 Å². The molecule has 21 heavy (non-hydrogen) atoms. The van der Waals surface area contributed by atoms with Crippen LogP contribution in [-0.4, -0.2) is 29.2 Å². The molecule has 1 aromatic carbocycles. The van der Waals surface area contributed by atoms with Gasteiger partial charge in [-0.3, -0.25) is 0 Å². The molecule has 1 fully saturated rings. The number of rotatable bonds is 3. The maximum atomic E-state index is 12.0. The molecular formula is C14H18BrN3O3. The van der Waals surface area contributed by atoms with Gasteiger partial charge in [0.1, 0.15) is 0 Å². The highest BCUT2D eigenvalue weighted by molar-refractivity contribution is 9.10. The summed E-state index contributed by atoms with van der Waals surface area (Å²) in [6.07, 6.45) is 3.92. The van der Waals surface area contributed by atoms with Gasteiger partial charge < -0.3 is 21.5 Å². The third-order valence-electron chi connectivity index (χ3n) is 3.54. The van der Waals surface area contributed by atoms with E-state index in [1.54, 1.807) is 6.07 Å². The Bertz CT molecular complexity index is 550. The van der Waals surface area contributed by atoms with Gasteiger partial charge in [-0.1, -0.05) is 28.8 Å². The fourth-order valence-electron chi connectivity index (χ4n) is 2.46. The second-order valence-corrected chi connectivity index (χ2v) is 6.10. The lowest BCUT2D eigenvalue weighted by Gasteiger charge is -2.29. The van der Waals surface area contributed by atoms with E-state index in [1.165, 1.54) is 12.1 Å². The van der Waals surface area contributed by atoms with Crippen molar-refractivity contribution < 1.29 is 14.7 Å². The van der Waals surface area contributed by atoms with Gasteiger partial charge in [0, 0.05) is 22.2 Å². The van der Waals surface area contributed by atoms with Crippen LogP contribution in [0.5, 0.6) is 0 Å².